The number of nitriles is 1. The third kappa shape index (κ3) is 3.49. The Bertz CT molecular complexity index is 1540. The molecule has 0 fully saturated rings. The normalized spacial score (nSPS) is 11.1. The van der Waals surface area contributed by atoms with E-state index in [1.807, 2.05) is 67.1 Å². The van der Waals surface area contributed by atoms with Gasteiger partial charge in [-0.05, 0) is 49.7 Å². The van der Waals surface area contributed by atoms with Gasteiger partial charge in [-0.3, -0.25) is 18.9 Å². The van der Waals surface area contributed by atoms with Crippen LogP contribution in [-0.2, 0) is 13.0 Å². The van der Waals surface area contributed by atoms with E-state index in [1.165, 1.54) is 6.20 Å². The highest BCUT2D eigenvalue weighted by Crippen LogP contribution is 2.31. The van der Waals surface area contributed by atoms with E-state index in [9.17, 15) is 10.1 Å². The molecule has 0 unspecified atom stereocenters. The maximum atomic E-state index is 13.4. The minimum absolute atomic E-state index is 0.318. The lowest BCUT2D eigenvalue weighted by atomic mass is 10.1. The van der Waals surface area contributed by atoms with Gasteiger partial charge in [0.25, 0.3) is 5.91 Å². The second-order valence-electron chi connectivity index (χ2n) is 7.71. The monoisotopic (exact) mass is 435 g/mol. The highest BCUT2D eigenvalue weighted by molar-refractivity contribution is 6.12. The Morgan fingerprint density at radius 3 is 2.76 bits per heavy atom. The van der Waals surface area contributed by atoms with Gasteiger partial charge in [0, 0.05) is 17.3 Å². The molecule has 0 atom stereocenters. The van der Waals surface area contributed by atoms with Crippen LogP contribution in [0.4, 0.5) is 5.69 Å². The first-order chi connectivity index (χ1) is 16.1. The zero-order valence-corrected chi connectivity index (χ0v) is 18.3. The molecule has 0 aliphatic heterocycles. The summed E-state index contributed by atoms with van der Waals surface area (Å²) in [7, 11) is 0. The molecule has 0 saturated heterocycles. The smallest absolute Gasteiger partial charge is 0.290 e. The van der Waals surface area contributed by atoms with Crippen molar-refractivity contribution in [2.45, 2.75) is 26.8 Å². The van der Waals surface area contributed by atoms with Crippen molar-refractivity contribution in [2.24, 2.45) is 0 Å². The van der Waals surface area contributed by atoms with Crippen LogP contribution < -0.4 is 4.90 Å². The van der Waals surface area contributed by atoms with Crippen LogP contribution in [0.15, 0.2) is 67.0 Å². The van der Waals surface area contributed by atoms with Crippen molar-refractivity contribution in [2.75, 3.05) is 4.90 Å². The number of anilines is 1. The third-order valence-corrected chi connectivity index (χ3v) is 5.60. The van der Waals surface area contributed by atoms with Gasteiger partial charge in [0.2, 0.25) is 0 Å². The predicted octanol–water partition coefficient (Wildman–Crippen LogP) is 4.13. The lowest BCUT2D eigenvalue weighted by molar-refractivity contribution is 0.0994. The summed E-state index contributed by atoms with van der Waals surface area (Å²) in [6.07, 6.45) is 5.99. The van der Waals surface area contributed by atoms with Gasteiger partial charge in [0.15, 0.2) is 6.19 Å². The van der Waals surface area contributed by atoms with Crippen LogP contribution in [0.3, 0.4) is 0 Å². The Labute approximate surface area is 190 Å². The molecular weight excluding hydrogens is 414 g/mol. The number of rotatable bonds is 5. The van der Waals surface area contributed by atoms with Crippen molar-refractivity contribution in [3.8, 4) is 6.19 Å². The molecule has 0 spiro atoms. The Hall–Kier alpha value is -4.51. The van der Waals surface area contributed by atoms with Crippen molar-refractivity contribution in [1.29, 1.82) is 5.26 Å². The number of carbonyl (C=O) groups is 1. The van der Waals surface area contributed by atoms with Gasteiger partial charge in [-0.25, -0.2) is 9.88 Å². The maximum absolute atomic E-state index is 13.4. The van der Waals surface area contributed by atoms with Gasteiger partial charge in [0.1, 0.15) is 11.3 Å². The second-order valence-corrected chi connectivity index (χ2v) is 7.71. The molecule has 0 aliphatic carbocycles. The fraction of sp³-hybridized carbons (Fsp3) is 0.160. The summed E-state index contributed by atoms with van der Waals surface area (Å²) in [4.78, 5) is 23.4. The lowest BCUT2D eigenvalue weighted by Crippen LogP contribution is -2.27. The molecule has 33 heavy (non-hydrogen) atoms. The van der Waals surface area contributed by atoms with Gasteiger partial charge < -0.3 is 0 Å². The number of carbonyl (C=O) groups excluding carboxylic acids is 1. The molecule has 162 valence electrons. The summed E-state index contributed by atoms with van der Waals surface area (Å²) >= 11 is 0. The fourth-order valence-corrected chi connectivity index (χ4v) is 4.10. The second kappa shape index (κ2) is 8.20. The minimum Gasteiger partial charge on any atom is -0.295 e. The summed E-state index contributed by atoms with van der Waals surface area (Å²) < 4.78 is 3.56. The zero-order valence-electron chi connectivity index (χ0n) is 18.3. The summed E-state index contributed by atoms with van der Waals surface area (Å²) in [5.41, 5.74) is 4.97. The molecule has 0 radical (unpaired) electrons. The van der Waals surface area contributed by atoms with E-state index >= 15 is 0 Å². The van der Waals surface area contributed by atoms with Crippen LogP contribution in [-0.4, -0.2) is 30.1 Å². The van der Waals surface area contributed by atoms with Crippen molar-refractivity contribution < 1.29 is 4.79 Å². The van der Waals surface area contributed by atoms with Crippen LogP contribution >= 0.6 is 0 Å². The first kappa shape index (κ1) is 20.4. The Morgan fingerprint density at radius 2 is 1.97 bits per heavy atom. The van der Waals surface area contributed by atoms with Gasteiger partial charge in [-0.1, -0.05) is 25.1 Å². The SMILES string of the molecule is CCc1nn(Cc2cccc(C)n2)c2cccc(N(C#N)C(=O)c3cnc4ccccn34)c12. The number of fused-ring (bicyclic) bond motifs is 2. The highest BCUT2D eigenvalue weighted by Gasteiger charge is 2.25. The zero-order chi connectivity index (χ0) is 22.9. The molecular formula is C25H21N7O. The Balaban J connectivity index is 1.62. The van der Waals surface area contributed by atoms with Crippen molar-refractivity contribution in [3.63, 3.8) is 0 Å². The molecule has 5 aromatic rings. The quantitative estimate of drug-likeness (QED) is 0.306. The van der Waals surface area contributed by atoms with Crippen LogP contribution in [0.1, 0.15) is 34.5 Å². The predicted molar refractivity (Wildman–Crippen MR) is 125 cm³/mol. The number of benzene rings is 1. The molecule has 0 N–H and O–H groups in total. The van der Waals surface area contributed by atoms with E-state index < -0.39 is 5.91 Å². The van der Waals surface area contributed by atoms with Gasteiger partial charge in [0.05, 0.1) is 35.3 Å². The van der Waals surface area contributed by atoms with Crippen LogP contribution in [0, 0.1) is 18.4 Å². The van der Waals surface area contributed by atoms with Crippen molar-refractivity contribution in [3.05, 3.63) is 89.8 Å². The molecule has 4 heterocycles. The molecule has 1 aromatic carbocycles. The Morgan fingerprint density at radius 1 is 1.12 bits per heavy atom. The van der Waals surface area contributed by atoms with Gasteiger partial charge in [-0.15, -0.1) is 0 Å². The first-order valence-electron chi connectivity index (χ1n) is 10.7. The minimum atomic E-state index is -0.446. The third-order valence-electron chi connectivity index (χ3n) is 5.60. The fourth-order valence-electron chi connectivity index (χ4n) is 4.10. The topological polar surface area (TPSA) is 92.1 Å². The number of hydrogen-bond acceptors (Lipinski definition) is 5. The van der Waals surface area contributed by atoms with Crippen molar-refractivity contribution in [1.82, 2.24) is 24.1 Å². The molecule has 8 nitrogen and oxygen atoms in total. The summed E-state index contributed by atoms with van der Waals surface area (Å²) in [5, 5.41) is 15.6. The molecule has 1 amide bonds. The summed E-state index contributed by atoms with van der Waals surface area (Å²) in [6, 6.07) is 17.0. The summed E-state index contributed by atoms with van der Waals surface area (Å²) in [6.45, 7) is 4.46. The molecule has 0 bridgehead atoms. The van der Waals surface area contributed by atoms with E-state index in [1.54, 1.807) is 16.7 Å². The molecule has 0 saturated carbocycles. The first-order valence-corrected chi connectivity index (χ1v) is 10.7. The number of pyridine rings is 2. The summed E-state index contributed by atoms with van der Waals surface area (Å²) in [5.74, 6) is -0.446. The average molecular weight is 435 g/mol. The number of nitrogens with zero attached hydrogens (tertiary/aromatic N) is 7. The van der Waals surface area contributed by atoms with Crippen molar-refractivity contribution >= 4 is 28.1 Å². The van der Waals surface area contributed by atoms with E-state index in [0.29, 0.717) is 30.0 Å². The number of aryl methyl sites for hydroxylation is 2. The number of hydrogen-bond donors (Lipinski definition) is 0. The van der Waals surface area contributed by atoms with Crippen LogP contribution in [0.2, 0.25) is 0 Å². The number of imidazole rings is 1. The standard InChI is InChI=1S/C25H21N7O/c1-3-19-24-20(31(16-26)25(33)22-14-27-23-12-4-5-13-30(22)23)10-7-11-21(24)32(29-19)15-18-9-6-8-17(2)28-18/h4-14H,3,15H2,1-2H3. The largest absolute Gasteiger partial charge is 0.295 e. The van der Waals surface area contributed by atoms with Gasteiger partial charge in [-0.2, -0.15) is 10.4 Å². The van der Waals surface area contributed by atoms with Gasteiger partial charge >= 0.3 is 0 Å². The van der Waals surface area contributed by atoms with Crippen LogP contribution in [0.5, 0.6) is 0 Å². The lowest BCUT2D eigenvalue weighted by Gasteiger charge is -2.15. The molecule has 0 aliphatic rings. The van der Waals surface area contributed by atoms with Crippen LogP contribution in [0.25, 0.3) is 16.6 Å². The highest BCUT2D eigenvalue weighted by atomic mass is 16.2. The average Bonchev–Trinajstić information content (AvgIpc) is 3.42. The maximum Gasteiger partial charge on any atom is 0.290 e. The Kier molecular flexibility index (Phi) is 5.07. The van der Waals surface area contributed by atoms with E-state index in [4.69, 9.17) is 5.10 Å². The molecule has 4 aromatic heterocycles. The van der Waals surface area contributed by atoms with E-state index in [2.05, 4.69) is 16.2 Å². The number of amides is 1. The van der Waals surface area contributed by atoms with E-state index in [-0.39, 0.29) is 0 Å². The van der Waals surface area contributed by atoms with E-state index in [0.717, 1.165) is 32.9 Å². The molecule has 8 heteroatoms. The number of aromatic nitrogens is 5. The molecule has 5 rings (SSSR count).